The van der Waals surface area contributed by atoms with Crippen LogP contribution in [0.1, 0.15) is 36.8 Å². The van der Waals surface area contributed by atoms with E-state index in [2.05, 4.69) is 5.32 Å². The third kappa shape index (κ3) is 1.74. The number of alkyl halides is 1. The monoisotopic (exact) mass is 255 g/mol. The van der Waals surface area contributed by atoms with Crippen molar-refractivity contribution >= 4 is 0 Å². The van der Waals surface area contributed by atoms with E-state index in [0.29, 0.717) is 0 Å². The van der Waals surface area contributed by atoms with Gasteiger partial charge < -0.3 is 5.32 Å². The molecule has 2 saturated heterocycles. The summed E-state index contributed by atoms with van der Waals surface area (Å²) in [5, 5.41) is 3.30. The zero-order valence-electron chi connectivity index (χ0n) is 10.3. The predicted molar refractivity (Wildman–Crippen MR) is 63.1 cm³/mol. The van der Waals surface area contributed by atoms with Crippen LogP contribution in [0.25, 0.3) is 0 Å². The van der Waals surface area contributed by atoms with Gasteiger partial charge in [-0.2, -0.15) is 0 Å². The highest BCUT2D eigenvalue weighted by Gasteiger charge is 2.46. The quantitative estimate of drug-likeness (QED) is 0.811. The van der Waals surface area contributed by atoms with Gasteiger partial charge >= 0.3 is 0 Å². The Kier molecular flexibility index (Phi) is 2.66. The Hall–Kier alpha value is -1.03. The third-order valence-corrected chi connectivity index (χ3v) is 4.23. The first kappa shape index (κ1) is 12.0. The number of fused-ring (bicyclic) bond motifs is 2. The average Bonchev–Trinajstić information content (AvgIpc) is 2.66. The zero-order valence-corrected chi connectivity index (χ0v) is 10.3. The molecule has 2 atom stereocenters. The van der Waals surface area contributed by atoms with E-state index in [0.717, 1.165) is 12.8 Å². The van der Waals surface area contributed by atoms with Crippen LogP contribution >= 0.6 is 0 Å². The van der Waals surface area contributed by atoms with E-state index in [9.17, 15) is 13.2 Å². The summed E-state index contributed by atoms with van der Waals surface area (Å²) >= 11 is 0. The molecule has 98 valence electrons. The van der Waals surface area contributed by atoms with Crippen molar-refractivity contribution in [3.05, 3.63) is 34.9 Å². The van der Waals surface area contributed by atoms with E-state index in [1.165, 1.54) is 19.1 Å². The molecule has 1 aromatic carbocycles. The number of piperidine rings is 1. The van der Waals surface area contributed by atoms with Gasteiger partial charge in [0.1, 0.15) is 5.67 Å². The molecule has 0 aliphatic carbocycles. The molecular formula is C14H16F3N. The molecular weight excluding hydrogens is 239 g/mol. The minimum atomic E-state index is -1.73. The van der Waals surface area contributed by atoms with Crippen LogP contribution in [0.2, 0.25) is 0 Å². The lowest BCUT2D eigenvalue weighted by Gasteiger charge is -2.35. The second-order valence-corrected chi connectivity index (χ2v) is 5.57. The van der Waals surface area contributed by atoms with Gasteiger partial charge in [-0.05, 0) is 25.3 Å². The molecule has 1 N–H and O–H groups in total. The number of halogens is 3. The molecule has 0 spiro atoms. The average molecular weight is 255 g/mol. The van der Waals surface area contributed by atoms with E-state index in [1.54, 1.807) is 0 Å². The highest BCUT2D eigenvalue weighted by atomic mass is 19.2. The van der Waals surface area contributed by atoms with Crippen LogP contribution in [-0.4, -0.2) is 12.1 Å². The van der Waals surface area contributed by atoms with Crippen molar-refractivity contribution in [3.8, 4) is 0 Å². The maximum Gasteiger partial charge on any atom is 0.165 e. The number of rotatable bonds is 1. The summed E-state index contributed by atoms with van der Waals surface area (Å²) in [5.74, 6) is -1.94. The Morgan fingerprint density at radius 1 is 1.11 bits per heavy atom. The van der Waals surface area contributed by atoms with Crippen LogP contribution in [0.3, 0.4) is 0 Å². The first-order valence-electron chi connectivity index (χ1n) is 6.40. The predicted octanol–water partition coefficient (Wildman–Crippen LogP) is 3.35. The summed E-state index contributed by atoms with van der Waals surface area (Å²) in [4.78, 5) is 0. The summed E-state index contributed by atoms with van der Waals surface area (Å²) in [5.41, 5.74) is -1.61. The first-order chi connectivity index (χ1) is 8.49. The van der Waals surface area contributed by atoms with Crippen LogP contribution in [0.4, 0.5) is 13.2 Å². The fourth-order valence-corrected chi connectivity index (χ4v) is 3.30. The maximum atomic E-state index is 15.0. The molecule has 2 fully saturated rings. The first-order valence-corrected chi connectivity index (χ1v) is 6.40. The van der Waals surface area contributed by atoms with Gasteiger partial charge in [-0.3, -0.25) is 0 Å². The fraction of sp³-hybridized carbons (Fsp3) is 0.571. The smallest absolute Gasteiger partial charge is 0.165 e. The lowest BCUT2D eigenvalue weighted by Crippen LogP contribution is -2.45. The molecule has 1 aromatic rings. The lowest BCUT2D eigenvalue weighted by atomic mass is 9.82. The van der Waals surface area contributed by atoms with Gasteiger partial charge in [0.15, 0.2) is 11.6 Å². The second-order valence-electron chi connectivity index (χ2n) is 5.57. The van der Waals surface area contributed by atoms with Crippen molar-refractivity contribution in [2.45, 2.75) is 50.4 Å². The van der Waals surface area contributed by atoms with E-state index < -0.39 is 17.3 Å². The van der Waals surface area contributed by atoms with Gasteiger partial charge in [-0.25, -0.2) is 13.2 Å². The van der Waals surface area contributed by atoms with Crippen molar-refractivity contribution in [3.63, 3.8) is 0 Å². The third-order valence-electron chi connectivity index (χ3n) is 4.23. The van der Waals surface area contributed by atoms with Crippen LogP contribution < -0.4 is 5.32 Å². The number of benzene rings is 1. The summed E-state index contributed by atoms with van der Waals surface area (Å²) < 4.78 is 42.5. The Morgan fingerprint density at radius 3 is 2.33 bits per heavy atom. The van der Waals surface area contributed by atoms with Crippen LogP contribution in [-0.2, 0) is 5.67 Å². The number of aryl methyl sites for hydroxylation is 1. The summed E-state index contributed by atoms with van der Waals surface area (Å²) in [7, 11) is 0. The van der Waals surface area contributed by atoms with Gasteiger partial charge in [0, 0.05) is 30.5 Å². The Bertz CT molecular complexity index is 474. The summed E-state index contributed by atoms with van der Waals surface area (Å²) in [6.07, 6.45) is 2.32. The van der Waals surface area contributed by atoms with Crippen LogP contribution in [0.5, 0.6) is 0 Å². The highest BCUT2D eigenvalue weighted by molar-refractivity contribution is 5.31. The minimum Gasteiger partial charge on any atom is -0.311 e. The Labute approximate surface area is 104 Å². The second kappa shape index (κ2) is 3.98. The molecule has 3 rings (SSSR count). The van der Waals surface area contributed by atoms with Crippen molar-refractivity contribution in [1.29, 1.82) is 0 Å². The van der Waals surface area contributed by atoms with Gasteiger partial charge in [-0.15, -0.1) is 0 Å². The van der Waals surface area contributed by atoms with Crippen molar-refractivity contribution in [1.82, 2.24) is 5.32 Å². The molecule has 4 heteroatoms. The molecule has 2 aliphatic rings. The zero-order chi connectivity index (χ0) is 12.9. The van der Waals surface area contributed by atoms with Crippen molar-refractivity contribution in [2.75, 3.05) is 0 Å². The lowest BCUT2D eigenvalue weighted by molar-refractivity contribution is 0.0823. The molecule has 2 unspecified atom stereocenters. The summed E-state index contributed by atoms with van der Waals surface area (Å²) in [6.45, 7) is 1.49. The Morgan fingerprint density at radius 2 is 1.72 bits per heavy atom. The van der Waals surface area contributed by atoms with E-state index in [1.807, 2.05) is 0 Å². The van der Waals surface area contributed by atoms with E-state index in [4.69, 9.17) is 0 Å². The SMILES string of the molecule is Cc1ccc(C2(F)CC3CCC(C2)N3)c(F)c1F. The fourth-order valence-electron chi connectivity index (χ4n) is 3.30. The van der Waals surface area contributed by atoms with E-state index >= 15 is 0 Å². The van der Waals surface area contributed by atoms with Crippen LogP contribution in [0, 0.1) is 18.6 Å². The molecule has 2 aliphatic heterocycles. The number of hydrogen-bond acceptors (Lipinski definition) is 1. The maximum absolute atomic E-state index is 15.0. The molecule has 0 radical (unpaired) electrons. The van der Waals surface area contributed by atoms with Crippen molar-refractivity contribution < 1.29 is 13.2 Å². The molecule has 1 nitrogen and oxygen atoms in total. The highest BCUT2D eigenvalue weighted by Crippen LogP contribution is 2.45. The largest absolute Gasteiger partial charge is 0.311 e. The summed E-state index contributed by atoms with van der Waals surface area (Å²) in [6, 6.07) is 3.05. The molecule has 18 heavy (non-hydrogen) atoms. The Balaban J connectivity index is 2.01. The standard InChI is InChI=1S/C14H16F3N/c1-8-2-5-11(13(16)12(8)15)14(17)6-9-3-4-10(7-14)18-9/h2,5,9-10,18H,3-4,6-7H2,1H3. The topological polar surface area (TPSA) is 12.0 Å². The molecule has 2 heterocycles. The molecule has 0 aromatic heterocycles. The van der Waals surface area contributed by atoms with Gasteiger partial charge in [-0.1, -0.05) is 12.1 Å². The normalized spacial score (nSPS) is 34.9. The molecule has 0 amide bonds. The molecule has 0 saturated carbocycles. The van der Waals surface area contributed by atoms with Gasteiger partial charge in [0.2, 0.25) is 0 Å². The van der Waals surface area contributed by atoms with Gasteiger partial charge in [0.05, 0.1) is 0 Å². The van der Waals surface area contributed by atoms with Crippen LogP contribution in [0.15, 0.2) is 12.1 Å². The minimum absolute atomic E-state index is 0.0949. The van der Waals surface area contributed by atoms with Crippen molar-refractivity contribution in [2.24, 2.45) is 0 Å². The van der Waals surface area contributed by atoms with Gasteiger partial charge in [0.25, 0.3) is 0 Å². The molecule has 2 bridgehead atoms. The van der Waals surface area contributed by atoms with E-state index in [-0.39, 0.29) is 36.1 Å². The number of hydrogen-bond donors (Lipinski definition) is 1. The number of nitrogens with one attached hydrogen (secondary N) is 1.